The van der Waals surface area contributed by atoms with Gasteiger partial charge in [-0.05, 0) is 53.6 Å². The zero-order valence-corrected chi connectivity index (χ0v) is 18.7. The molecule has 0 spiro atoms. The third-order valence-electron chi connectivity index (χ3n) is 6.23. The number of benzene rings is 2. The van der Waals surface area contributed by atoms with Crippen molar-refractivity contribution in [3.63, 3.8) is 0 Å². The molecule has 0 saturated carbocycles. The number of fused-ring (bicyclic) bond motifs is 2. The minimum atomic E-state index is -0.457. The molecule has 6 nitrogen and oxygen atoms in total. The molecule has 4 rings (SSSR count). The average molecular weight is 423 g/mol. The van der Waals surface area contributed by atoms with E-state index in [1.54, 1.807) is 19.1 Å². The van der Waals surface area contributed by atoms with Gasteiger partial charge in [0, 0.05) is 25.2 Å². The standard InChI is InChI=1S/C25H30N2O4/c1-16(2)11-21(27-15-18-7-5-6-8-20(18)24(27)28)25(29)26-10-9-17-12-22(30-3)23(31-4)13-19(17)14-26/h5-8,12-13,16,21H,9-11,14-15H2,1-4H3. The van der Waals surface area contributed by atoms with E-state index in [4.69, 9.17) is 9.47 Å². The van der Waals surface area contributed by atoms with Gasteiger partial charge in [0.1, 0.15) is 6.04 Å². The van der Waals surface area contributed by atoms with Gasteiger partial charge >= 0.3 is 0 Å². The molecule has 2 aromatic carbocycles. The molecule has 1 atom stereocenters. The molecule has 2 aromatic rings. The number of rotatable bonds is 6. The van der Waals surface area contributed by atoms with Crippen molar-refractivity contribution in [3.8, 4) is 11.5 Å². The van der Waals surface area contributed by atoms with Gasteiger partial charge in [0.15, 0.2) is 11.5 Å². The quantitative estimate of drug-likeness (QED) is 0.713. The Morgan fingerprint density at radius 3 is 2.32 bits per heavy atom. The van der Waals surface area contributed by atoms with E-state index in [0.29, 0.717) is 49.0 Å². The highest BCUT2D eigenvalue weighted by molar-refractivity contribution is 6.01. The summed E-state index contributed by atoms with van der Waals surface area (Å²) in [4.78, 5) is 30.4. The lowest BCUT2D eigenvalue weighted by atomic mass is 9.96. The lowest BCUT2D eigenvalue weighted by Crippen LogP contribution is -2.50. The van der Waals surface area contributed by atoms with Crippen molar-refractivity contribution < 1.29 is 19.1 Å². The average Bonchev–Trinajstić information content (AvgIpc) is 3.11. The molecule has 0 saturated heterocycles. The number of ether oxygens (including phenoxy) is 2. The molecular formula is C25H30N2O4. The number of carbonyl (C=O) groups is 2. The summed E-state index contributed by atoms with van der Waals surface area (Å²) in [6.07, 6.45) is 1.40. The minimum absolute atomic E-state index is 0.0234. The molecule has 0 fully saturated rings. The Kier molecular flexibility index (Phi) is 5.90. The highest BCUT2D eigenvalue weighted by Gasteiger charge is 2.39. The van der Waals surface area contributed by atoms with Crippen LogP contribution >= 0.6 is 0 Å². The van der Waals surface area contributed by atoms with Gasteiger partial charge in [0.05, 0.1) is 14.2 Å². The molecule has 2 amide bonds. The second-order valence-corrected chi connectivity index (χ2v) is 8.72. The minimum Gasteiger partial charge on any atom is -0.493 e. The van der Waals surface area contributed by atoms with Crippen LogP contribution in [0, 0.1) is 5.92 Å². The first-order chi connectivity index (χ1) is 14.9. The molecule has 2 heterocycles. The summed E-state index contributed by atoms with van der Waals surface area (Å²) in [6.45, 7) is 5.82. The Bertz CT molecular complexity index is 1000. The highest BCUT2D eigenvalue weighted by atomic mass is 16.5. The van der Waals surface area contributed by atoms with Crippen molar-refractivity contribution >= 4 is 11.8 Å². The molecular weight excluding hydrogens is 392 g/mol. The van der Waals surface area contributed by atoms with Gasteiger partial charge < -0.3 is 19.3 Å². The number of hydrogen-bond acceptors (Lipinski definition) is 4. The maximum absolute atomic E-state index is 13.7. The largest absolute Gasteiger partial charge is 0.493 e. The van der Waals surface area contributed by atoms with Crippen molar-refractivity contribution in [2.45, 2.75) is 45.8 Å². The second kappa shape index (κ2) is 8.61. The van der Waals surface area contributed by atoms with E-state index in [1.165, 1.54) is 5.56 Å². The van der Waals surface area contributed by atoms with Crippen molar-refractivity contribution in [2.75, 3.05) is 20.8 Å². The second-order valence-electron chi connectivity index (χ2n) is 8.72. The van der Waals surface area contributed by atoms with Crippen LogP contribution in [0.4, 0.5) is 0 Å². The molecule has 2 aliphatic heterocycles. The van der Waals surface area contributed by atoms with Crippen LogP contribution in [-0.2, 0) is 24.3 Å². The first-order valence-corrected chi connectivity index (χ1v) is 10.8. The van der Waals surface area contributed by atoms with Gasteiger partial charge in [-0.2, -0.15) is 0 Å². The summed E-state index contributed by atoms with van der Waals surface area (Å²) in [6, 6.07) is 11.2. The molecule has 2 aliphatic rings. The van der Waals surface area contributed by atoms with Crippen molar-refractivity contribution in [3.05, 3.63) is 58.7 Å². The molecule has 1 unspecified atom stereocenters. The normalized spacial score (nSPS) is 16.2. The van der Waals surface area contributed by atoms with E-state index in [1.807, 2.05) is 41.3 Å². The van der Waals surface area contributed by atoms with Crippen LogP contribution in [0.1, 0.15) is 47.3 Å². The fraction of sp³-hybridized carbons (Fsp3) is 0.440. The van der Waals surface area contributed by atoms with Gasteiger partial charge in [0.25, 0.3) is 5.91 Å². The number of amides is 2. The first-order valence-electron chi connectivity index (χ1n) is 10.8. The third kappa shape index (κ3) is 3.99. The number of hydrogen-bond donors (Lipinski definition) is 0. The van der Waals surface area contributed by atoms with Crippen LogP contribution in [0.3, 0.4) is 0 Å². The summed E-state index contributed by atoms with van der Waals surface area (Å²) in [5.74, 6) is 1.65. The summed E-state index contributed by atoms with van der Waals surface area (Å²) >= 11 is 0. The Balaban J connectivity index is 1.58. The SMILES string of the molecule is COc1cc2c(cc1OC)CN(C(=O)C(CC(C)C)N1Cc3ccccc3C1=O)CC2. The Morgan fingerprint density at radius 2 is 1.68 bits per heavy atom. The van der Waals surface area contributed by atoms with Crippen LogP contribution in [0.2, 0.25) is 0 Å². The summed E-state index contributed by atoms with van der Waals surface area (Å²) in [7, 11) is 3.25. The van der Waals surface area contributed by atoms with Crippen molar-refractivity contribution in [1.29, 1.82) is 0 Å². The Morgan fingerprint density at radius 1 is 1.00 bits per heavy atom. The zero-order chi connectivity index (χ0) is 22.1. The number of methoxy groups -OCH3 is 2. The van der Waals surface area contributed by atoms with E-state index in [9.17, 15) is 9.59 Å². The molecule has 0 aliphatic carbocycles. The van der Waals surface area contributed by atoms with Crippen molar-refractivity contribution in [2.24, 2.45) is 5.92 Å². The molecule has 0 bridgehead atoms. The fourth-order valence-electron chi connectivity index (χ4n) is 4.62. The Hall–Kier alpha value is -3.02. The fourth-order valence-corrected chi connectivity index (χ4v) is 4.62. The molecule has 31 heavy (non-hydrogen) atoms. The predicted molar refractivity (Wildman–Crippen MR) is 118 cm³/mol. The van der Waals surface area contributed by atoms with E-state index in [2.05, 4.69) is 13.8 Å². The van der Waals surface area contributed by atoms with Crippen LogP contribution < -0.4 is 9.47 Å². The summed E-state index contributed by atoms with van der Waals surface area (Å²) in [5, 5.41) is 0. The summed E-state index contributed by atoms with van der Waals surface area (Å²) in [5.41, 5.74) is 3.95. The molecule has 0 aromatic heterocycles. The monoisotopic (exact) mass is 422 g/mol. The smallest absolute Gasteiger partial charge is 0.255 e. The van der Waals surface area contributed by atoms with Gasteiger partial charge in [-0.3, -0.25) is 9.59 Å². The number of carbonyl (C=O) groups excluding carboxylic acids is 2. The topological polar surface area (TPSA) is 59.1 Å². The van der Waals surface area contributed by atoms with Gasteiger partial charge in [-0.1, -0.05) is 32.0 Å². The maximum Gasteiger partial charge on any atom is 0.255 e. The van der Waals surface area contributed by atoms with E-state index in [-0.39, 0.29) is 11.8 Å². The van der Waals surface area contributed by atoms with Gasteiger partial charge in [0.2, 0.25) is 5.91 Å². The Labute approximate surface area is 183 Å². The zero-order valence-electron chi connectivity index (χ0n) is 18.7. The van der Waals surface area contributed by atoms with E-state index >= 15 is 0 Å². The maximum atomic E-state index is 13.7. The summed E-state index contributed by atoms with van der Waals surface area (Å²) < 4.78 is 10.9. The van der Waals surface area contributed by atoms with E-state index < -0.39 is 6.04 Å². The van der Waals surface area contributed by atoms with Crippen LogP contribution in [0.15, 0.2) is 36.4 Å². The third-order valence-corrected chi connectivity index (χ3v) is 6.23. The van der Waals surface area contributed by atoms with Crippen LogP contribution in [-0.4, -0.2) is 48.4 Å². The lowest BCUT2D eigenvalue weighted by Gasteiger charge is -2.36. The molecule has 6 heteroatoms. The predicted octanol–water partition coefficient (Wildman–Crippen LogP) is 3.66. The van der Waals surface area contributed by atoms with Gasteiger partial charge in [-0.25, -0.2) is 0 Å². The van der Waals surface area contributed by atoms with Crippen LogP contribution in [0.5, 0.6) is 11.5 Å². The lowest BCUT2D eigenvalue weighted by molar-refractivity contribution is -0.137. The highest BCUT2D eigenvalue weighted by Crippen LogP contribution is 2.34. The molecule has 0 N–H and O–H groups in total. The molecule has 0 radical (unpaired) electrons. The van der Waals surface area contributed by atoms with E-state index in [0.717, 1.165) is 17.5 Å². The van der Waals surface area contributed by atoms with Gasteiger partial charge in [-0.15, -0.1) is 0 Å². The van der Waals surface area contributed by atoms with Crippen molar-refractivity contribution in [1.82, 2.24) is 9.80 Å². The number of nitrogens with zero attached hydrogens (tertiary/aromatic N) is 2. The first kappa shape index (κ1) is 21.2. The molecule has 164 valence electrons. The van der Waals surface area contributed by atoms with Crippen LogP contribution in [0.25, 0.3) is 0 Å².